The minimum atomic E-state index is -6.12. The summed E-state index contributed by atoms with van der Waals surface area (Å²) in [7, 11) is -16.3. The van der Waals surface area contributed by atoms with Crippen LogP contribution in [0.25, 0.3) is 33.5 Å². The van der Waals surface area contributed by atoms with Gasteiger partial charge in [0, 0.05) is 62.7 Å². The number of ether oxygens (including phenoxy) is 1. The number of imidazole rings is 2. The minimum Gasteiger partial charge on any atom is -0.457 e. The number of fused-ring (bicyclic) bond motifs is 7. The van der Waals surface area contributed by atoms with Gasteiger partial charge in [-0.1, -0.05) is 171 Å². The van der Waals surface area contributed by atoms with Crippen LogP contribution in [-0.2, 0) is 4.66 Å². The van der Waals surface area contributed by atoms with Gasteiger partial charge in [-0.3, -0.25) is 18.9 Å². The Hall–Kier alpha value is -7.44. The lowest BCUT2D eigenvalue weighted by molar-refractivity contribution is 0.453. The molecule has 0 fully saturated rings. The fourth-order valence-corrected chi connectivity index (χ4v) is 23.4. The monoisotopic (exact) mass is 927 g/mol. The molecule has 0 saturated carbocycles. The van der Waals surface area contributed by atoms with E-state index >= 15 is 0 Å². The highest BCUT2D eigenvalue weighted by molar-refractivity contribution is 7.20. The van der Waals surface area contributed by atoms with Gasteiger partial charge >= 0.3 is 0 Å². The standard InChI is InChI=1S/C58H49N5OSi3/c1-65(2,46-27-19-37-59-40-46)58(66(3,4)47-28-20-38-60-41-47)48-29-11-16-35-54(48)64-56-49(58)30-18-36-55(56)67(43-22-7-5-8-23-43,44-24-9-6-10-25-44)45-26-17-21-42(39-45)62-52-33-14-15-34-53(52)63-51-32-13-12-31-50(51)61-57(62)63/h5-41H,1-4H3/i1D3,2D3,3D3,4D3. The maximum absolute atomic E-state index is 10.1. The van der Waals surface area contributed by atoms with Crippen LogP contribution in [0.3, 0.4) is 0 Å². The van der Waals surface area contributed by atoms with Crippen LogP contribution < -0.4 is 35.9 Å². The van der Waals surface area contributed by atoms with Gasteiger partial charge in [-0.25, -0.2) is 4.98 Å². The van der Waals surface area contributed by atoms with Crippen molar-refractivity contribution < 1.29 is 21.2 Å². The summed E-state index contributed by atoms with van der Waals surface area (Å²) in [5, 5.41) is 2.43. The topological polar surface area (TPSA) is 57.2 Å². The van der Waals surface area contributed by atoms with E-state index in [0.29, 0.717) is 11.0 Å². The molecule has 0 amide bonds. The highest BCUT2D eigenvalue weighted by Gasteiger charge is 2.64. The van der Waals surface area contributed by atoms with Gasteiger partial charge in [0.15, 0.2) is 8.07 Å². The maximum Gasteiger partial charge on any atom is 0.220 e. The predicted octanol–water partition coefficient (Wildman–Crippen LogP) is 9.30. The third-order valence-electron chi connectivity index (χ3n) is 13.7. The van der Waals surface area contributed by atoms with Crippen LogP contribution in [0, 0.1) is 0 Å². The summed E-state index contributed by atoms with van der Waals surface area (Å²) < 4.78 is 129. The van der Waals surface area contributed by atoms with Crippen molar-refractivity contribution in [3.8, 4) is 17.2 Å². The number of pyridine rings is 2. The van der Waals surface area contributed by atoms with Crippen LogP contribution >= 0.6 is 0 Å². The molecular formula is C58H49N5OSi3. The molecule has 4 aromatic heterocycles. The van der Waals surface area contributed by atoms with Crippen molar-refractivity contribution in [2.24, 2.45) is 0 Å². The molecule has 5 heterocycles. The van der Waals surface area contributed by atoms with Gasteiger partial charge in [0.2, 0.25) is 5.78 Å². The quantitative estimate of drug-likeness (QED) is 0.107. The van der Waals surface area contributed by atoms with E-state index in [4.69, 9.17) is 9.72 Å². The van der Waals surface area contributed by atoms with E-state index in [9.17, 15) is 16.4 Å². The molecule has 0 radical (unpaired) electrons. The Morgan fingerprint density at radius 2 is 1.04 bits per heavy atom. The van der Waals surface area contributed by atoms with Crippen LogP contribution in [-0.4, -0.2) is 48.1 Å². The molecule has 67 heavy (non-hydrogen) atoms. The molecule has 1 aliphatic heterocycles. The average molecular weight is 928 g/mol. The number of benzene rings is 7. The van der Waals surface area contributed by atoms with Crippen molar-refractivity contribution in [1.29, 1.82) is 0 Å². The van der Waals surface area contributed by atoms with E-state index in [1.165, 1.54) is 61.2 Å². The number of para-hydroxylation sites is 6. The third kappa shape index (κ3) is 5.81. The van der Waals surface area contributed by atoms with Crippen molar-refractivity contribution in [1.82, 2.24) is 23.9 Å². The predicted molar refractivity (Wildman–Crippen MR) is 283 cm³/mol. The van der Waals surface area contributed by atoms with Crippen molar-refractivity contribution >= 4 is 83.2 Å². The molecule has 12 rings (SSSR count). The zero-order valence-electron chi connectivity index (χ0n) is 48.0. The Bertz CT molecular complexity index is 3950. The molecule has 0 bridgehead atoms. The molecular weight excluding hydrogens is 867 g/mol. The first-order chi connectivity index (χ1) is 37.8. The Balaban J connectivity index is 1.32. The average Bonchev–Trinajstić information content (AvgIpc) is 4.16. The van der Waals surface area contributed by atoms with Crippen molar-refractivity contribution in [3.05, 3.63) is 236 Å². The zero-order chi connectivity index (χ0) is 55.4. The first-order valence-corrected chi connectivity index (χ1v) is 28.1. The van der Waals surface area contributed by atoms with Crippen molar-refractivity contribution in [2.45, 2.75) is 30.6 Å². The molecule has 0 saturated heterocycles. The smallest absolute Gasteiger partial charge is 0.220 e. The summed E-state index contributed by atoms with van der Waals surface area (Å²) in [5.41, 5.74) is 4.00. The molecule has 0 N–H and O–H groups in total. The Kier molecular flexibility index (Phi) is 6.97. The molecule has 11 aromatic rings. The van der Waals surface area contributed by atoms with E-state index in [-0.39, 0.29) is 33.0 Å². The summed E-state index contributed by atoms with van der Waals surface area (Å²) in [6, 6.07) is 60.8. The van der Waals surface area contributed by atoms with Gasteiger partial charge < -0.3 is 4.74 Å². The lowest BCUT2D eigenvalue weighted by atomic mass is 9.98. The summed E-state index contributed by atoms with van der Waals surface area (Å²) in [4.78, 5) is 13.9. The van der Waals surface area contributed by atoms with Gasteiger partial charge in [0.1, 0.15) is 11.5 Å². The number of rotatable bonds is 9. The van der Waals surface area contributed by atoms with Gasteiger partial charge in [-0.05, 0) is 85.7 Å². The highest BCUT2D eigenvalue weighted by Crippen LogP contribution is 2.56. The largest absolute Gasteiger partial charge is 0.457 e. The molecule has 1 aliphatic rings. The molecule has 0 atom stereocenters. The van der Waals surface area contributed by atoms with Crippen LogP contribution in [0.15, 0.2) is 225 Å². The summed E-state index contributed by atoms with van der Waals surface area (Å²) in [6.07, 6.45) is 5.11. The highest BCUT2D eigenvalue weighted by atomic mass is 28.4. The molecule has 0 spiro atoms. The Morgan fingerprint density at radius 3 is 1.70 bits per heavy atom. The van der Waals surface area contributed by atoms with Gasteiger partial charge in [-0.15, -0.1) is 0 Å². The molecule has 7 aromatic carbocycles. The zero-order valence-corrected chi connectivity index (χ0v) is 39.0. The number of hydrogen-bond donors (Lipinski definition) is 0. The van der Waals surface area contributed by atoms with Crippen LogP contribution in [0.4, 0.5) is 0 Å². The third-order valence-corrected chi connectivity index (χ3v) is 26.4. The summed E-state index contributed by atoms with van der Waals surface area (Å²) in [5.74, 6) is 0.573. The maximum atomic E-state index is 10.1. The fourth-order valence-electron chi connectivity index (χ4n) is 10.9. The fraction of sp³-hybridized carbons (Fsp3) is 0.0862. The van der Waals surface area contributed by atoms with Crippen molar-refractivity contribution in [2.75, 3.05) is 0 Å². The summed E-state index contributed by atoms with van der Waals surface area (Å²) >= 11 is 0. The van der Waals surface area contributed by atoms with Gasteiger partial charge in [0.25, 0.3) is 0 Å². The first kappa shape index (κ1) is 30.0. The van der Waals surface area contributed by atoms with E-state index in [1.807, 2.05) is 127 Å². The second-order valence-corrected chi connectivity index (χ2v) is 27.0. The van der Waals surface area contributed by atoms with Crippen LogP contribution in [0.2, 0.25) is 25.9 Å². The molecule has 0 unspecified atom stereocenters. The molecule has 324 valence electrons. The Labute approximate surface area is 410 Å². The summed E-state index contributed by atoms with van der Waals surface area (Å²) in [6.45, 7) is -14.4. The second-order valence-electron chi connectivity index (χ2n) is 17.1. The van der Waals surface area contributed by atoms with Gasteiger partial charge in [-0.2, -0.15) is 0 Å². The number of aromatic nitrogens is 5. The van der Waals surface area contributed by atoms with E-state index in [0.717, 1.165) is 43.3 Å². The van der Waals surface area contributed by atoms with Crippen LogP contribution in [0.1, 0.15) is 27.6 Å². The minimum absolute atomic E-state index is 0.0252. The molecule has 9 heteroatoms. The first-order valence-electron chi connectivity index (χ1n) is 28.1. The Morgan fingerprint density at radius 1 is 0.493 bits per heavy atom. The SMILES string of the molecule is [2H]C([2H])([2H])[Si](c1cccnc1)(C([2H])([2H])[2H])C1([Si](c2cccnc2)(C([2H])([2H])[2H])C([2H])([2H])[2H])c2ccccc2Oc2c1cccc2[Si](c1ccccc1)(c1ccccc1)c1cccc(-n2c3ccccc3n3c4ccccc4nc23)c1. The number of nitrogens with zero attached hydrogens (tertiary/aromatic N) is 5. The molecule has 0 aliphatic carbocycles. The lowest BCUT2D eigenvalue weighted by Gasteiger charge is -2.57. The number of hydrogen-bond acceptors (Lipinski definition) is 4. The van der Waals surface area contributed by atoms with E-state index < -0.39 is 54.8 Å². The molecule has 6 nitrogen and oxygen atoms in total. The van der Waals surface area contributed by atoms with E-state index in [1.54, 1.807) is 24.3 Å². The van der Waals surface area contributed by atoms with Crippen molar-refractivity contribution in [3.63, 3.8) is 0 Å². The second kappa shape index (κ2) is 15.6. The van der Waals surface area contributed by atoms with Gasteiger partial charge in [0.05, 0.1) is 38.2 Å². The normalized spacial score (nSPS) is 17.0. The van der Waals surface area contributed by atoms with Crippen LogP contribution in [0.5, 0.6) is 11.5 Å². The van der Waals surface area contributed by atoms with E-state index in [2.05, 4.69) is 31.1 Å². The lowest BCUT2D eigenvalue weighted by Crippen LogP contribution is -2.77.